The minimum atomic E-state index is 0.472. The van der Waals surface area contributed by atoms with Gasteiger partial charge in [0.25, 0.3) is 0 Å². The lowest BCUT2D eigenvalue weighted by molar-refractivity contribution is 0.00938. The highest BCUT2D eigenvalue weighted by atomic mass is 16.5. The summed E-state index contributed by atoms with van der Waals surface area (Å²) in [6, 6.07) is 0.604. The largest absolute Gasteiger partial charge is 0.374 e. The van der Waals surface area contributed by atoms with Gasteiger partial charge in [-0.1, -0.05) is 26.7 Å². The van der Waals surface area contributed by atoms with Crippen molar-refractivity contribution in [3.05, 3.63) is 0 Å². The number of rotatable bonds is 4. The molecule has 1 heterocycles. The monoisotopic (exact) mass is 239 g/mol. The number of likely N-dealkylation sites (N-methyl/N-ethyl adjacent to an activating group) is 1. The Hall–Kier alpha value is -0.0800. The van der Waals surface area contributed by atoms with Gasteiger partial charge in [0.05, 0.1) is 12.2 Å². The van der Waals surface area contributed by atoms with Gasteiger partial charge in [-0.3, -0.25) is 0 Å². The average Bonchev–Trinajstić information content (AvgIpc) is 2.72. The van der Waals surface area contributed by atoms with E-state index < -0.39 is 0 Å². The molecule has 1 aliphatic carbocycles. The molecule has 1 saturated heterocycles. The third-order valence-electron chi connectivity index (χ3n) is 4.59. The molecule has 100 valence electrons. The number of hydrogen-bond acceptors (Lipinski definition) is 2. The Morgan fingerprint density at radius 2 is 2.00 bits per heavy atom. The lowest BCUT2D eigenvalue weighted by Crippen LogP contribution is -2.46. The Labute approximate surface area is 107 Å². The first kappa shape index (κ1) is 13.4. The lowest BCUT2D eigenvalue weighted by atomic mass is 9.76. The van der Waals surface area contributed by atoms with Gasteiger partial charge in [-0.2, -0.15) is 0 Å². The summed E-state index contributed by atoms with van der Waals surface area (Å²) in [6.07, 6.45) is 9.08. The fourth-order valence-electron chi connectivity index (χ4n) is 3.74. The van der Waals surface area contributed by atoms with Gasteiger partial charge in [0, 0.05) is 6.04 Å². The molecule has 1 N–H and O–H groups in total. The molecule has 0 aromatic carbocycles. The second-order valence-electron chi connectivity index (χ2n) is 6.18. The van der Waals surface area contributed by atoms with Crippen LogP contribution in [0.4, 0.5) is 0 Å². The summed E-state index contributed by atoms with van der Waals surface area (Å²) >= 11 is 0. The number of ether oxygens (including phenoxy) is 1. The lowest BCUT2D eigenvalue weighted by Gasteiger charge is -2.36. The van der Waals surface area contributed by atoms with Crippen molar-refractivity contribution in [3.8, 4) is 0 Å². The van der Waals surface area contributed by atoms with Crippen molar-refractivity contribution in [2.24, 2.45) is 11.8 Å². The topological polar surface area (TPSA) is 21.3 Å². The first-order chi connectivity index (χ1) is 8.20. The zero-order valence-electron chi connectivity index (χ0n) is 11.7. The Morgan fingerprint density at radius 1 is 1.18 bits per heavy atom. The fraction of sp³-hybridized carbons (Fsp3) is 1.00. The molecule has 1 aliphatic heterocycles. The standard InChI is InChI=1S/C15H29NO/c1-4-16-15(14-9-8-12(3)17-14)13-7-5-6-11(2)10-13/h11-16H,4-10H2,1-3H3. The van der Waals surface area contributed by atoms with Crippen molar-refractivity contribution in [1.82, 2.24) is 5.32 Å². The van der Waals surface area contributed by atoms with Gasteiger partial charge >= 0.3 is 0 Å². The third-order valence-corrected chi connectivity index (χ3v) is 4.59. The molecule has 2 nitrogen and oxygen atoms in total. The molecular formula is C15H29NO. The first-order valence-electron chi connectivity index (χ1n) is 7.59. The van der Waals surface area contributed by atoms with E-state index in [9.17, 15) is 0 Å². The molecule has 0 amide bonds. The van der Waals surface area contributed by atoms with Crippen LogP contribution in [-0.4, -0.2) is 24.8 Å². The predicted molar refractivity (Wildman–Crippen MR) is 72.2 cm³/mol. The van der Waals surface area contributed by atoms with E-state index in [4.69, 9.17) is 4.74 Å². The van der Waals surface area contributed by atoms with Crippen LogP contribution >= 0.6 is 0 Å². The normalized spacial score (nSPS) is 40.4. The van der Waals surface area contributed by atoms with Crippen LogP contribution < -0.4 is 5.32 Å². The van der Waals surface area contributed by atoms with Gasteiger partial charge < -0.3 is 10.1 Å². The van der Waals surface area contributed by atoms with Gasteiger partial charge in [-0.15, -0.1) is 0 Å². The van der Waals surface area contributed by atoms with Crippen molar-refractivity contribution < 1.29 is 4.74 Å². The number of nitrogens with one attached hydrogen (secondary N) is 1. The maximum atomic E-state index is 6.10. The molecule has 2 rings (SSSR count). The molecule has 0 radical (unpaired) electrons. The van der Waals surface area contributed by atoms with E-state index >= 15 is 0 Å². The maximum Gasteiger partial charge on any atom is 0.0735 e. The average molecular weight is 239 g/mol. The summed E-state index contributed by atoms with van der Waals surface area (Å²) in [5.41, 5.74) is 0. The van der Waals surface area contributed by atoms with Gasteiger partial charge in [0.1, 0.15) is 0 Å². The molecule has 5 atom stereocenters. The zero-order chi connectivity index (χ0) is 12.3. The van der Waals surface area contributed by atoms with E-state index in [1.165, 1.54) is 38.5 Å². The summed E-state index contributed by atoms with van der Waals surface area (Å²) in [5.74, 6) is 1.75. The summed E-state index contributed by atoms with van der Waals surface area (Å²) in [7, 11) is 0. The smallest absolute Gasteiger partial charge is 0.0735 e. The Kier molecular flexibility index (Phi) is 4.87. The van der Waals surface area contributed by atoms with Gasteiger partial charge in [-0.25, -0.2) is 0 Å². The Morgan fingerprint density at radius 3 is 2.59 bits per heavy atom. The fourth-order valence-corrected chi connectivity index (χ4v) is 3.74. The molecule has 0 aromatic rings. The van der Waals surface area contributed by atoms with Crippen molar-refractivity contribution >= 4 is 0 Å². The molecule has 2 heteroatoms. The molecule has 1 saturated carbocycles. The molecule has 2 fully saturated rings. The van der Waals surface area contributed by atoms with Crippen LogP contribution in [0.2, 0.25) is 0 Å². The summed E-state index contributed by atoms with van der Waals surface area (Å²) in [4.78, 5) is 0. The first-order valence-corrected chi connectivity index (χ1v) is 7.59. The van der Waals surface area contributed by atoms with Crippen molar-refractivity contribution in [1.29, 1.82) is 0 Å². The van der Waals surface area contributed by atoms with Crippen LogP contribution in [-0.2, 0) is 4.74 Å². The highest BCUT2D eigenvalue weighted by Gasteiger charge is 2.35. The third kappa shape index (κ3) is 3.45. The highest BCUT2D eigenvalue weighted by Crippen LogP contribution is 2.35. The molecular weight excluding hydrogens is 210 g/mol. The van der Waals surface area contributed by atoms with Crippen molar-refractivity contribution in [3.63, 3.8) is 0 Å². The zero-order valence-corrected chi connectivity index (χ0v) is 11.7. The van der Waals surface area contributed by atoms with E-state index in [0.717, 1.165) is 18.4 Å². The van der Waals surface area contributed by atoms with Crippen LogP contribution in [0.3, 0.4) is 0 Å². The second-order valence-corrected chi connectivity index (χ2v) is 6.18. The molecule has 5 unspecified atom stereocenters. The maximum absolute atomic E-state index is 6.10. The van der Waals surface area contributed by atoms with E-state index in [2.05, 4.69) is 26.1 Å². The van der Waals surface area contributed by atoms with E-state index in [0.29, 0.717) is 18.2 Å². The molecule has 0 bridgehead atoms. The molecule has 0 spiro atoms. The van der Waals surface area contributed by atoms with Crippen LogP contribution in [0.1, 0.15) is 59.3 Å². The SMILES string of the molecule is CCNC(C1CCCC(C)C1)C1CCC(C)O1. The second kappa shape index (κ2) is 6.19. The number of hydrogen-bond donors (Lipinski definition) is 1. The summed E-state index contributed by atoms with van der Waals surface area (Å²) < 4.78 is 6.10. The molecule has 0 aromatic heterocycles. The van der Waals surface area contributed by atoms with Gasteiger partial charge in [0.2, 0.25) is 0 Å². The summed E-state index contributed by atoms with van der Waals surface area (Å²) in [5, 5.41) is 3.71. The van der Waals surface area contributed by atoms with Crippen molar-refractivity contribution in [2.75, 3.05) is 6.54 Å². The summed E-state index contributed by atoms with van der Waals surface area (Å²) in [6.45, 7) is 7.92. The van der Waals surface area contributed by atoms with Gasteiger partial charge in [-0.05, 0) is 51.0 Å². The van der Waals surface area contributed by atoms with Crippen LogP contribution in [0.25, 0.3) is 0 Å². The predicted octanol–water partition coefficient (Wildman–Crippen LogP) is 3.36. The van der Waals surface area contributed by atoms with Crippen LogP contribution in [0.15, 0.2) is 0 Å². The van der Waals surface area contributed by atoms with E-state index in [1.54, 1.807) is 0 Å². The molecule has 17 heavy (non-hydrogen) atoms. The van der Waals surface area contributed by atoms with E-state index in [1.807, 2.05) is 0 Å². The van der Waals surface area contributed by atoms with E-state index in [-0.39, 0.29) is 0 Å². The quantitative estimate of drug-likeness (QED) is 0.812. The van der Waals surface area contributed by atoms with Gasteiger partial charge in [0.15, 0.2) is 0 Å². The van der Waals surface area contributed by atoms with Crippen molar-refractivity contribution in [2.45, 2.75) is 77.5 Å². The minimum absolute atomic E-state index is 0.472. The Bertz CT molecular complexity index is 231. The highest BCUT2D eigenvalue weighted by molar-refractivity contribution is 4.90. The minimum Gasteiger partial charge on any atom is -0.374 e. The Balaban J connectivity index is 1.95. The van der Waals surface area contributed by atoms with Crippen LogP contribution in [0.5, 0.6) is 0 Å². The van der Waals surface area contributed by atoms with Crippen LogP contribution in [0, 0.1) is 11.8 Å². The molecule has 2 aliphatic rings.